The van der Waals surface area contributed by atoms with Crippen LogP contribution in [0.3, 0.4) is 0 Å². The van der Waals surface area contributed by atoms with Crippen molar-refractivity contribution in [1.29, 1.82) is 0 Å². The van der Waals surface area contributed by atoms with Crippen LogP contribution in [-0.4, -0.2) is 49.6 Å². The van der Waals surface area contributed by atoms with Crippen molar-refractivity contribution in [1.82, 2.24) is 10.2 Å². The molecule has 0 unspecified atom stereocenters. The van der Waals surface area contributed by atoms with Gasteiger partial charge < -0.3 is 10.2 Å². The Morgan fingerprint density at radius 2 is 1.96 bits per heavy atom. The van der Waals surface area contributed by atoms with Crippen LogP contribution in [0.2, 0.25) is 0 Å². The van der Waals surface area contributed by atoms with E-state index < -0.39 is 0 Å². The molecule has 0 bridgehead atoms. The van der Waals surface area contributed by atoms with Gasteiger partial charge in [-0.25, -0.2) is 4.39 Å². The van der Waals surface area contributed by atoms with Crippen LogP contribution in [0, 0.1) is 11.7 Å². The Morgan fingerprint density at radius 1 is 1.29 bits per heavy atom. The highest BCUT2D eigenvalue weighted by molar-refractivity contribution is 5.81. The number of likely N-dealkylation sites (N-methyl/N-ethyl adjacent to an activating group) is 1. The Balaban J connectivity index is 1.82. The Bertz CT molecular complexity index is 516. The molecular weight excluding hydrogens is 305 g/mol. The molecule has 2 atom stereocenters. The van der Waals surface area contributed by atoms with Crippen molar-refractivity contribution in [3.8, 4) is 0 Å². The molecular formula is C19H30FN3O. The van der Waals surface area contributed by atoms with Crippen molar-refractivity contribution in [2.75, 3.05) is 37.6 Å². The Hall–Kier alpha value is -1.62. The van der Waals surface area contributed by atoms with Gasteiger partial charge in [-0.1, -0.05) is 20.8 Å². The number of nitrogens with zero attached hydrogens (tertiary/aromatic N) is 2. The molecule has 24 heavy (non-hydrogen) atoms. The number of carbonyl (C=O) groups excluding carboxylic acids is 1. The smallest absolute Gasteiger partial charge is 0.237 e. The second-order valence-corrected chi connectivity index (χ2v) is 6.47. The van der Waals surface area contributed by atoms with E-state index in [-0.39, 0.29) is 17.8 Å². The molecule has 0 aliphatic carbocycles. The minimum absolute atomic E-state index is 0.0328. The summed E-state index contributed by atoms with van der Waals surface area (Å²) in [5.74, 6) is 0.387. The summed E-state index contributed by atoms with van der Waals surface area (Å²) in [6, 6.07) is 6.61. The maximum Gasteiger partial charge on any atom is 0.237 e. The second kappa shape index (κ2) is 9.02. The van der Waals surface area contributed by atoms with Crippen LogP contribution >= 0.6 is 0 Å². The van der Waals surface area contributed by atoms with Crippen LogP contribution in [0.4, 0.5) is 10.1 Å². The number of anilines is 1. The van der Waals surface area contributed by atoms with Gasteiger partial charge in [0.2, 0.25) is 5.91 Å². The average molecular weight is 335 g/mol. The zero-order chi connectivity index (χ0) is 17.5. The first-order valence-corrected chi connectivity index (χ1v) is 9.11. The lowest BCUT2D eigenvalue weighted by atomic mass is 10.1. The van der Waals surface area contributed by atoms with E-state index in [0.29, 0.717) is 12.5 Å². The van der Waals surface area contributed by atoms with Crippen molar-refractivity contribution in [2.24, 2.45) is 5.92 Å². The maximum absolute atomic E-state index is 13.0. The lowest BCUT2D eigenvalue weighted by molar-refractivity contribution is -0.126. The lowest BCUT2D eigenvalue weighted by Gasteiger charge is -2.28. The molecule has 1 saturated heterocycles. The molecule has 1 heterocycles. The van der Waals surface area contributed by atoms with Gasteiger partial charge in [0, 0.05) is 25.3 Å². The van der Waals surface area contributed by atoms with Gasteiger partial charge in [-0.05, 0) is 56.1 Å². The highest BCUT2D eigenvalue weighted by atomic mass is 19.1. The minimum Gasteiger partial charge on any atom is -0.371 e. The summed E-state index contributed by atoms with van der Waals surface area (Å²) >= 11 is 0. The van der Waals surface area contributed by atoms with Crippen molar-refractivity contribution in [2.45, 2.75) is 39.7 Å². The number of benzene rings is 1. The SMILES string of the molecule is CC[C@H](C(=O)NC[C@@H]1CCN(c2ccc(F)cc2)C1)N(CC)CC. The van der Waals surface area contributed by atoms with Gasteiger partial charge in [0.25, 0.3) is 0 Å². The molecule has 5 heteroatoms. The summed E-state index contributed by atoms with van der Waals surface area (Å²) in [6.07, 6.45) is 1.89. The van der Waals surface area contributed by atoms with E-state index in [0.717, 1.165) is 44.7 Å². The normalized spacial score (nSPS) is 18.9. The van der Waals surface area contributed by atoms with E-state index in [4.69, 9.17) is 0 Å². The third kappa shape index (κ3) is 4.69. The quantitative estimate of drug-likeness (QED) is 0.793. The Morgan fingerprint density at radius 3 is 2.54 bits per heavy atom. The largest absolute Gasteiger partial charge is 0.371 e. The molecule has 4 nitrogen and oxygen atoms in total. The molecule has 0 aromatic heterocycles. The fourth-order valence-electron chi connectivity index (χ4n) is 3.52. The lowest BCUT2D eigenvalue weighted by Crippen LogP contribution is -2.47. The molecule has 1 aromatic carbocycles. The Labute approximate surface area is 145 Å². The van der Waals surface area contributed by atoms with Gasteiger partial charge in [0.05, 0.1) is 6.04 Å². The summed E-state index contributed by atoms with van der Waals surface area (Å²) < 4.78 is 13.0. The molecule has 1 fully saturated rings. The van der Waals surface area contributed by atoms with Crippen molar-refractivity contribution < 1.29 is 9.18 Å². The molecule has 0 radical (unpaired) electrons. The second-order valence-electron chi connectivity index (χ2n) is 6.47. The fourth-order valence-corrected chi connectivity index (χ4v) is 3.52. The first-order chi connectivity index (χ1) is 11.6. The van der Waals surface area contributed by atoms with Crippen LogP contribution in [0.15, 0.2) is 24.3 Å². The van der Waals surface area contributed by atoms with E-state index in [2.05, 4.69) is 35.9 Å². The molecule has 1 aliphatic rings. The molecule has 0 spiro atoms. The van der Waals surface area contributed by atoms with Crippen LogP contribution in [0.1, 0.15) is 33.6 Å². The number of halogens is 1. The van der Waals surface area contributed by atoms with Gasteiger partial charge >= 0.3 is 0 Å². The van der Waals surface area contributed by atoms with Gasteiger partial charge in [-0.2, -0.15) is 0 Å². The fraction of sp³-hybridized carbons (Fsp3) is 0.632. The number of hydrogen-bond acceptors (Lipinski definition) is 3. The highest BCUT2D eigenvalue weighted by Crippen LogP contribution is 2.23. The van der Waals surface area contributed by atoms with Crippen LogP contribution in [-0.2, 0) is 4.79 Å². The molecule has 1 aromatic rings. The first kappa shape index (κ1) is 18.7. The number of amides is 1. The molecule has 1 N–H and O–H groups in total. The van der Waals surface area contributed by atoms with Crippen molar-refractivity contribution >= 4 is 11.6 Å². The molecule has 2 rings (SSSR count). The Kier molecular flexibility index (Phi) is 7.03. The number of carbonyl (C=O) groups is 1. The number of nitrogens with one attached hydrogen (secondary N) is 1. The molecule has 134 valence electrons. The molecule has 1 aliphatic heterocycles. The van der Waals surface area contributed by atoms with Crippen LogP contribution in [0.5, 0.6) is 0 Å². The van der Waals surface area contributed by atoms with E-state index in [1.54, 1.807) is 0 Å². The van der Waals surface area contributed by atoms with E-state index in [1.165, 1.54) is 12.1 Å². The highest BCUT2D eigenvalue weighted by Gasteiger charge is 2.26. The molecule has 1 amide bonds. The van der Waals surface area contributed by atoms with Gasteiger partial charge in [0.15, 0.2) is 0 Å². The third-order valence-electron chi connectivity index (χ3n) is 4.99. The standard InChI is InChI=1S/C19H30FN3O/c1-4-18(22(5-2)6-3)19(24)21-13-15-11-12-23(14-15)17-9-7-16(20)8-10-17/h7-10,15,18H,4-6,11-14H2,1-3H3,(H,21,24)/t15-,18+/m0/s1. The van der Waals surface area contributed by atoms with Crippen LogP contribution < -0.4 is 10.2 Å². The van der Waals surface area contributed by atoms with E-state index in [9.17, 15) is 9.18 Å². The van der Waals surface area contributed by atoms with E-state index in [1.807, 2.05) is 12.1 Å². The minimum atomic E-state index is -0.205. The number of rotatable bonds is 8. The topological polar surface area (TPSA) is 35.6 Å². The van der Waals surface area contributed by atoms with Gasteiger partial charge in [0.1, 0.15) is 5.82 Å². The maximum atomic E-state index is 13.0. The van der Waals surface area contributed by atoms with Gasteiger partial charge in [-0.3, -0.25) is 9.69 Å². The van der Waals surface area contributed by atoms with Gasteiger partial charge in [-0.15, -0.1) is 0 Å². The summed E-state index contributed by atoms with van der Waals surface area (Å²) in [5.41, 5.74) is 1.06. The zero-order valence-electron chi connectivity index (χ0n) is 15.1. The predicted molar refractivity (Wildman–Crippen MR) is 96.7 cm³/mol. The summed E-state index contributed by atoms with van der Waals surface area (Å²) in [5, 5.41) is 3.14. The predicted octanol–water partition coefficient (Wildman–Crippen LogP) is 2.89. The molecule has 0 saturated carbocycles. The summed E-state index contributed by atoms with van der Waals surface area (Å²) in [4.78, 5) is 16.9. The average Bonchev–Trinajstić information content (AvgIpc) is 3.07. The van der Waals surface area contributed by atoms with E-state index >= 15 is 0 Å². The monoisotopic (exact) mass is 335 g/mol. The number of hydrogen-bond donors (Lipinski definition) is 1. The van der Waals surface area contributed by atoms with Crippen molar-refractivity contribution in [3.05, 3.63) is 30.1 Å². The van der Waals surface area contributed by atoms with Crippen LogP contribution in [0.25, 0.3) is 0 Å². The van der Waals surface area contributed by atoms with Crippen molar-refractivity contribution in [3.63, 3.8) is 0 Å². The first-order valence-electron chi connectivity index (χ1n) is 9.11. The third-order valence-corrected chi connectivity index (χ3v) is 4.99. The summed E-state index contributed by atoms with van der Waals surface area (Å²) in [7, 11) is 0. The summed E-state index contributed by atoms with van der Waals surface area (Å²) in [6.45, 7) is 10.6. The zero-order valence-corrected chi connectivity index (χ0v) is 15.1.